The molecular weight excluding hydrogens is 296 g/mol. The Labute approximate surface area is 138 Å². The van der Waals surface area contributed by atoms with E-state index in [4.69, 9.17) is 14.2 Å². The lowest BCUT2D eigenvalue weighted by Crippen LogP contribution is -2.11. The average molecular weight is 324 g/mol. The van der Waals surface area contributed by atoms with E-state index in [0.717, 1.165) is 44.6 Å². The Kier molecular flexibility index (Phi) is 10.9. The molecule has 0 spiro atoms. The third-order valence-electron chi connectivity index (χ3n) is 3.25. The second-order valence-corrected chi connectivity index (χ2v) is 5.32. The van der Waals surface area contributed by atoms with Gasteiger partial charge in [-0.1, -0.05) is 17.7 Å². The third kappa shape index (κ3) is 10.7. The predicted molar refractivity (Wildman–Crippen MR) is 88.8 cm³/mol. The maximum Gasteiger partial charge on any atom is 0.331 e. The van der Waals surface area contributed by atoms with Gasteiger partial charge in [0, 0.05) is 19.8 Å². The van der Waals surface area contributed by atoms with Gasteiger partial charge in [-0.25, -0.2) is 4.79 Å². The van der Waals surface area contributed by atoms with E-state index in [1.54, 1.807) is 0 Å². The number of unbranched alkanes of at least 4 members (excludes halogenated alkanes) is 2. The molecule has 0 saturated heterocycles. The van der Waals surface area contributed by atoms with Crippen LogP contribution in [0, 0.1) is 6.92 Å². The van der Waals surface area contributed by atoms with Gasteiger partial charge in [0.2, 0.25) is 0 Å². The zero-order chi connectivity index (χ0) is 16.8. The van der Waals surface area contributed by atoms with E-state index in [2.05, 4.69) is 23.8 Å². The molecule has 1 aromatic carbocycles. The fraction of sp³-hybridized carbons (Fsp3) is 0.611. The van der Waals surface area contributed by atoms with Crippen LogP contribution >= 0.6 is 0 Å². The number of methoxy groups -OCH3 is 1. The number of ether oxygens (including phenoxy) is 4. The Bertz CT molecular complexity index is 416. The van der Waals surface area contributed by atoms with Crippen LogP contribution in [0.1, 0.15) is 31.2 Å². The van der Waals surface area contributed by atoms with Crippen LogP contribution in [0.2, 0.25) is 0 Å². The van der Waals surface area contributed by atoms with Crippen molar-refractivity contribution in [3.8, 4) is 5.75 Å². The molecule has 0 unspecified atom stereocenters. The monoisotopic (exact) mass is 324 g/mol. The Morgan fingerprint density at radius 3 is 2.26 bits per heavy atom. The molecule has 0 amide bonds. The number of carbonyl (C=O) groups excluding carboxylic acids is 1. The van der Waals surface area contributed by atoms with E-state index >= 15 is 0 Å². The van der Waals surface area contributed by atoms with Crippen LogP contribution < -0.4 is 4.74 Å². The standard InChI is InChI=1S/C18H28O5/c1-16-7-9-17(10-8-16)23-14-5-3-4-11-21-12-6-13-22-15-18(19)20-2/h7-10H,3-6,11-15H2,1-2H3. The minimum Gasteiger partial charge on any atom is -0.494 e. The molecule has 0 bridgehead atoms. The summed E-state index contributed by atoms with van der Waals surface area (Å²) in [6, 6.07) is 8.11. The summed E-state index contributed by atoms with van der Waals surface area (Å²) in [6.45, 7) is 4.74. The van der Waals surface area contributed by atoms with Crippen molar-refractivity contribution in [2.45, 2.75) is 32.6 Å². The highest BCUT2D eigenvalue weighted by molar-refractivity contribution is 5.70. The van der Waals surface area contributed by atoms with Crippen LogP contribution in [0.4, 0.5) is 0 Å². The van der Waals surface area contributed by atoms with Crippen LogP contribution in [-0.2, 0) is 19.0 Å². The summed E-state index contributed by atoms with van der Waals surface area (Å²) in [5.41, 5.74) is 1.24. The summed E-state index contributed by atoms with van der Waals surface area (Å²) >= 11 is 0. The largest absolute Gasteiger partial charge is 0.494 e. The van der Waals surface area contributed by atoms with Crippen LogP contribution in [0.3, 0.4) is 0 Å². The molecule has 0 atom stereocenters. The summed E-state index contributed by atoms with van der Waals surface area (Å²) in [4.78, 5) is 10.8. The van der Waals surface area contributed by atoms with Gasteiger partial charge in [-0.15, -0.1) is 0 Å². The van der Waals surface area contributed by atoms with Crippen molar-refractivity contribution in [3.63, 3.8) is 0 Å². The number of benzene rings is 1. The number of carbonyl (C=O) groups is 1. The van der Waals surface area contributed by atoms with Crippen LogP contribution in [0.15, 0.2) is 24.3 Å². The Hall–Kier alpha value is -1.59. The predicted octanol–water partition coefficient (Wildman–Crippen LogP) is 3.14. The molecule has 5 nitrogen and oxygen atoms in total. The zero-order valence-electron chi connectivity index (χ0n) is 14.2. The van der Waals surface area contributed by atoms with Crippen LogP contribution in [0.5, 0.6) is 5.75 Å². The lowest BCUT2D eigenvalue weighted by atomic mass is 10.2. The highest BCUT2D eigenvalue weighted by atomic mass is 16.6. The lowest BCUT2D eigenvalue weighted by Gasteiger charge is -2.07. The van der Waals surface area contributed by atoms with Crippen molar-refractivity contribution < 1.29 is 23.7 Å². The van der Waals surface area contributed by atoms with Crippen molar-refractivity contribution in [1.82, 2.24) is 0 Å². The molecule has 5 heteroatoms. The highest BCUT2D eigenvalue weighted by Crippen LogP contribution is 2.12. The van der Waals surface area contributed by atoms with Gasteiger partial charge < -0.3 is 18.9 Å². The van der Waals surface area contributed by atoms with Gasteiger partial charge in [-0.05, 0) is 44.7 Å². The highest BCUT2D eigenvalue weighted by Gasteiger charge is 1.99. The molecular formula is C18H28O5. The molecule has 0 aromatic heterocycles. The first-order valence-electron chi connectivity index (χ1n) is 8.14. The van der Waals surface area contributed by atoms with Crippen molar-refractivity contribution in [2.75, 3.05) is 40.1 Å². The van der Waals surface area contributed by atoms with Crippen LogP contribution in [-0.4, -0.2) is 46.1 Å². The fourth-order valence-electron chi connectivity index (χ4n) is 1.89. The van der Waals surface area contributed by atoms with Crippen LogP contribution in [0.25, 0.3) is 0 Å². The van der Waals surface area contributed by atoms with E-state index in [1.807, 2.05) is 12.1 Å². The second-order valence-electron chi connectivity index (χ2n) is 5.32. The van der Waals surface area contributed by atoms with E-state index in [0.29, 0.717) is 13.2 Å². The van der Waals surface area contributed by atoms with E-state index in [1.165, 1.54) is 12.7 Å². The maximum atomic E-state index is 10.8. The molecule has 0 N–H and O–H groups in total. The van der Waals surface area contributed by atoms with Gasteiger partial charge in [-0.3, -0.25) is 0 Å². The zero-order valence-corrected chi connectivity index (χ0v) is 14.2. The smallest absolute Gasteiger partial charge is 0.331 e. The molecule has 0 aliphatic rings. The van der Waals surface area contributed by atoms with E-state index < -0.39 is 0 Å². The van der Waals surface area contributed by atoms with Crippen molar-refractivity contribution >= 4 is 5.97 Å². The lowest BCUT2D eigenvalue weighted by molar-refractivity contribution is -0.146. The number of hydrogen-bond donors (Lipinski definition) is 0. The van der Waals surface area contributed by atoms with Crippen molar-refractivity contribution in [3.05, 3.63) is 29.8 Å². The van der Waals surface area contributed by atoms with Gasteiger partial charge in [0.15, 0.2) is 0 Å². The topological polar surface area (TPSA) is 54.0 Å². The molecule has 1 aromatic rings. The SMILES string of the molecule is COC(=O)COCCCOCCCCCOc1ccc(C)cc1. The molecule has 130 valence electrons. The number of esters is 1. The van der Waals surface area contributed by atoms with Gasteiger partial charge in [0.1, 0.15) is 12.4 Å². The van der Waals surface area contributed by atoms with Gasteiger partial charge in [-0.2, -0.15) is 0 Å². The molecule has 0 saturated carbocycles. The first kappa shape index (κ1) is 19.5. The molecule has 0 aliphatic heterocycles. The number of rotatable bonds is 13. The summed E-state index contributed by atoms with van der Waals surface area (Å²) < 4.78 is 20.8. The molecule has 1 rings (SSSR count). The summed E-state index contributed by atoms with van der Waals surface area (Å²) in [5, 5.41) is 0. The minimum absolute atomic E-state index is 0.0114. The number of hydrogen-bond acceptors (Lipinski definition) is 5. The maximum absolute atomic E-state index is 10.8. The quantitative estimate of drug-likeness (QED) is 0.412. The summed E-state index contributed by atoms with van der Waals surface area (Å²) in [7, 11) is 1.35. The Morgan fingerprint density at radius 2 is 1.52 bits per heavy atom. The van der Waals surface area contributed by atoms with Gasteiger partial charge in [0.25, 0.3) is 0 Å². The third-order valence-corrected chi connectivity index (χ3v) is 3.25. The number of aryl methyl sites for hydroxylation is 1. The second kappa shape index (κ2) is 12.9. The summed E-state index contributed by atoms with van der Waals surface area (Å²) in [6.07, 6.45) is 3.93. The van der Waals surface area contributed by atoms with E-state index in [9.17, 15) is 4.79 Å². The minimum atomic E-state index is -0.348. The van der Waals surface area contributed by atoms with Gasteiger partial charge in [0.05, 0.1) is 13.7 Å². The normalized spacial score (nSPS) is 10.5. The molecule has 0 fully saturated rings. The first-order chi connectivity index (χ1) is 11.2. The molecule has 0 heterocycles. The summed E-state index contributed by atoms with van der Waals surface area (Å²) in [5.74, 6) is 0.581. The van der Waals surface area contributed by atoms with E-state index in [-0.39, 0.29) is 12.6 Å². The Balaban J connectivity index is 1.81. The van der Waals surface area contributed by atoms with Gasteiger partial charge >= 0.3 is 5.97 Å². The first-order valence-corrected chi connectivity index (χ1v) is 8.14. The van der Waals surface area contributed by atoms with Crippen molar-refractivity contribution in [2.24, 2.45) is 0 Å². The molecule has 0 radical (unpaired) electrons. The fourth-order valence-corrected chi connectivity index (χ4v) is 1.89. The molecule has 23 heavy (non-hydrogen) atoms. The average Bonchev–Trinajstić information content (AvgIpc) is 2.57. The van der Waals surface area contributed by atoms with Crippen molar-refractivity contribution in [1.29, 1.82) is 0 Å². The molecule has 0 aliphatic carbocycles. The Morgan fingerprint density at radius 1 is 0.870 bits per heavy atom.